The molecule has 1 saturated heterocycles. The van der Waals surface area contributed by atoms with E-state index in [1.54, 1.807) is 18.3 Å². The number of amides is 1. The van der Waals surface area contributed by atoms with Crippen LogP contribution in [-0.4, -0.2) is 59.2 Å². The first kappa shape index (κ1) is 20.0. The minimum Gasteiger partial charge on any atom is -0.391 e. The zero-order valence-electron chi connectivity index (χ0n) is 16.9. The number of hydrogen-bond acceptors (Lipinski definition) is 5. The third-order valence-electron chi connectivity index (χ3n) is 5.19. The average molecular weight is 406 g/mol. The summed E-state index contributed by atoms with van der Waals surface area (Å²) >= 11 is 0. The maximum absolute atomic E-state index is 14.3. The van der Waals surface area contributed by atoms with Crippen LogP contribution in [0.3, 0.4) is 0 Å². The molecule has 1 N–H and O–H groups in total. The molecule has 1 aliphatic rings. The molecule has 30 heavy (non-hydrogen) atoms. The highest BCUT2D eigenvalue weighted by Crippen LogP contribution is 2.25. The molecule has 1 aliphatic heterocycles. The van der Waals surface area contributed by atoms with Crippen LogP contribution in [0.1, 0.15) is 16.8 Å². The Balaban J connectivity index is 1.65. The zero-order valence-corrected chi connectivity index (χ0v) is 16.9. The van der Waals surface area contributed by atoms with E-state index in [1.165, 1.54) is 17.0 Å². The number of carbonyl (C=O) groups excluding carboxylic acids is 1. The molecular formula is C23H23FN4O2. The molecule has 7 heteroatoms. The average Bonchev–Trinajstić information content (AvgIpc) is 3.19. The van der Waals surface area contributed by atoms with Gasteiger partial charge in [0.15, 0.2) is 5.82 Å². The number of hydrogen-bond donors (Lipinski definition) is 1. The minimum absolute atomic E-state index is 0.225. The van der Waals surface area contributed by atoms with E-state index in [1.807, 2.05) is 43.3 Å². The number of anilines is 1. The van der Waals surface area contributed by atoms with Crippen molar-refractivity contribution in [3.63, 3.8) is 0 Å². The molecule has 1 fully saturated rings. The van der Waals surface area contributed by atoms with Crippen LogP contribution in [0.25, 0.3) is 22.6 Å². The van der Waals surface area contributed by atoms with Gasteiger partial charge in [0.25, 0.3) is 5.91 Å². The number of likely N-dealkylation sites (tertiary alicyclic amines) is 1. The fourth-order valence-corrected chi connectivity index (χ4v) is 3.54. The minimum atomic E-state index is -0.528. The first-order valence-corrected chi connectivity index (χ1v) is 9.80. The molecule has 0 radical (unpaired) electrons. The van der Waals surface area contributed by atoms with E-state index < -0.39 is 11.9 Å². The fraction of sp³-hybridized carbons (Fsp3) is 0.261. The van der Waals surface area contributed by atoms with Crippen LogP contribution in [0, 0.1) is 5.82 Å². The second-order valence-corrected chi connectivity index (χ2v) is 7.63. The topological polar surface area (TPSA) is 69.6 Å². The molecule has 0 bridgehead atoms. The Morgan fingerprint density at radius 1 is 1.13 bits per heavy atom. The number of aromatic nitrogens is 2. The molecule has 6 nitrogen and oxygen atoms in total. The summed E-state index contributed by atoms with van der Waals surface area (Å²) in [5.74, 6) is -0.484. The molecule has 1 atom stereocenters. The van der Waals surface area contributed by atoms with Gasteiger partial charge in [-0.25, -0.2) is 14.4 Å². The van der Waals surface area contributed by atoms with Crippen molar-refractivity contribution in [1.82, 2.24) is 14.9 Å². The summed E-state index contributed by atoms with van der Waals surface area (Å²) in [6, 6.07) is 13.9. The zero-order chi connectivity index (χ0) is 21.3. The lowest BCUT2D eigenvalue weighted by atomic mass is 10.1. The maximum Gasteiger partial charge on any atom is 0.254 e. The van der Waals surface area contributed by atoms with Gasteiger partial charge in [-0.3, -0.25) is 4.79 Å². The number of aliphatic hydroxyl groups is 1. The number of nitrogens with zero attached hydrogens (tertiary/aromatic N) is 4. The van der Waals surface area contributed by atoms with Crippen molar-refractivity contribution in [1.29, 1.82) is 0 Å². The number of carbonyl (C=O) groups is 1. The van der Waals surface area contributed by atoms with E-state index in [9.17, 15) is 14.3 Å². The number of rotatable bonds is 4. The van der Waals surface area contributed by atoms with Crippen molar-refractivity contribution in [3.05, 3.63) is 66.1 Å². The second-order valence-electron chi connectivity index (χ2n) is 7.63. The van der Waals surface area contributed by atoms with Gasteiger partial charge in [0, 0.05) is 55.8 Å². The normalized spacial score (nSPS) is 16.0. The van der Waals surface area contributed by atoms with Crippen molar-refractivity contribution in [3.8, 4) is 22.6 Å². The van der Waals surface area contributed by atoms with E-state index in [4.69, 9.17) is 0 Å². The van der Waals surface area contributed by atoms with Crippen LogP contribution in [0.2, 0.25) is 0 Å². The summed E-state index contributed by atoms with van der Waals surface area (Å²) in [7, 11) is 3.95. The largest absolute Gasteiger partial charge is 0.391 e. The molecule has 1 aromatic heterocycles. The van der Waals surface area contributed by atoms with Gasteiger partial charge in [0.1, 0.15) is 5.82 Å². The summed E-state index contributed by atoms with van der Waals surface area (Å²) in [6.07, 6.45) is 1.63. The van der Waals surface area contributed by atoms with Gasteiger partial charge in [0.2, 0.25) is 0 Å². The molecule has 0 spiro atoms. The van der Waals surface area contributed by atoms with Crippen LogP contribution < -0.4 is 4.90 Å². The molecule has 1 amide bonds. The smallest absolute Gasteiger partial charge is 0.254 e. The van der Waals surface area contributed by atoms with Crippen LogP contribution in [0.15, 0.2) is 54.7 Å². The Hall–Kier alpha value is -3.32. The third-order valence-corrected chi connectivity index (χ3v) is 5.19. The summed E-state index contributed by atoms with van der Waals surface area (Å²) in [4.78, 5) is 25.1. The lowest BCUT2D eigenvalue weighted by Crippen LogP contribution is -2.29. The number of aliphatic hydroxyl groups excluding tert-OH is 1. The van der Waals surface area contributed by atoms with Gasteiger partial charge in [-0.15, -0.1) is 0 Å². The van der Waals surface area contributed by atoms with E-state index in [-0.39, 0.29) is 18.0 Å². The van der Waals surface area contributed by atoms with Crippen molar-refractivity contribution in [2.24, 2.45) is 0 Å². The second kappa shape index (κ2) is 8.20. The highest BCUT2D eigenvalue weighted by Gasteiger charge is 2.26. The molecule has 4 rings (SSSR count). The van der Waals surface area contributed by atoms with Gasteiger partial charge in [-0.1, -0.05) is 12.1 Å². The quantitative estimate of drug-likeness (QED) is 0.721. The van der Waals surface area contributed by atoms with Crippen LogP contribution in [0.4, 0.5) is 10.1 Å². The van der Waals surface area contributed by atoms with Crippen molar-refractivity contribution >= 4 is 11.6 Å². The summed E-state index contributed by atoms with van der Waals surface area (Å²) in [5.41, 5.74) is 3.37. The Bertz CT molecular complexity index is 1070. The Kier molecular flexibility index (Phi) is 5.46. The predicted molar refractivity (Wildman–Crippen MR) is 114 cm³/mol. The van der Waals surface area contributed by atoms with Crippen molar-refractivity contribution in [2.75, 3.05) is 32.1 Å². The predicted octanol–water partition coefficient (Wildman–Crippen LogP) is 3.22. The Morgan fingerprint density at radius 2 is 1.90 bits per heavy atom. The highest BCUT2D eigenvalue weighted by atomic mass is 19.1. The molecule has 0 unspecified atom stereocenters. The molecule has 3 aromatic rings. The molecule has 2 heterocycles. The first-order chi connectivity index (χ1) is 14.4. The van der Waals surface area contributed by atoms with Gasteiger partial charge in [0.05, 0.1) is 11.8 Å². The Labute approximate surface area is 174 Å². The standard InChI is InChI=1S/C23H23FN4O2/c1-27(2)19-5-3-15(4-6-19)21-7-9-25-22(26-21)16-11-17(13-18(24)12-16)23(30)28-10-8-20(29)14-28/h3-7,9,11-13,20,29H,8,10,14H2,1-2H3/t20-/m1/s1. The van der Waals surface area contributed by atoms with Crippen molar-refractivity contribution < 1.29 is 14.3 Å². The summed E-state index contributed by atoms with van der Waals surface area (Å²) < 4.78 is 14.3. The molecule has 154 valence electrons. The molecular weight excluding hydrogens is 383 g/mol. The van der Waals surface area contributed by atoms with Crippen LogP contribution in [0.5, 0.6) is 0 Å². The SMILES string of the molecule is CN(C)c1ccc(-c2ccnc(-c3cc(F)cc(C(=O)N4CC[C@@H](O)C4)c3)n2)cc1. The fourth-order valence-electron chi connectivity index (χ4n) is 3.54. The monoisotopic (exact) mass is 406 g/mol. The molecule has 2 aromatic carbocycles. The van der Waals surface area contributed by atoms with Gasteiger partial charge >= 0.3 is 0 Å². The third kappa shape index (κ3) is 4.16. The lowest BCUT2D eigenvalue weighted by Gasteiger charge is -2.16. The van der Waals surface area contributed by atoms with Crippen LogP contribution in [-0.2, 0) is 0 Å². The van der Waals surface area contributed by atoms with E-state index >= 15 is 0 Å². The number of halogens is 1. The van der Waals surface area contributed by atoms with Gasteiger partial charge in [-0.2, -0.15) is 0 Å². The van der Waals surface area contributed by atoms with E-state index in [0.29, 0.717) is 30.0 Å². The van der Waals surface area contributed by atoms with E-state index in [0.717, 1.165) is 11.3 Å². The van der Waals surface area contributed by atoms with E-state index in [2.05, 4.69) is 9.97 Å². The van der Waals surface area contributed by atoms with Gasteiger partial charge in [-0.05, 0) is 42.8 Å². The Morgan fingerprint density at radius 3 is 2.57 bits per heavy atom. The van der Waals surface area contributed by atoms with Gasteiger partial charge < -0.3 is 14.9 Å². The molecule has 0 saturated carbocycles. The molecule has 0 aliphatic carbocycles. The lowest BCUT2D eigenvalue weighted by molar-refractivity contribution is 0.0764. The number of benzene rings is 2. The summed E-state index contributed by atoms with van der Waals surface area (Å²) in [6.45, 7) is 0.723. The summed E-state index contributed by atoms with van der Waals surface area (Å²) in [5, 5.41) is 9.68. The first-order valence-electron chi connectivity index (χ1n) is 9.80. The maximum atomic E-state index is 14.3. The number of β-amino-alcohol motifs (C(OH)–C–C–N with tert-alkyl or cyclic N) is 1. The highest BCUT2D eigenvalue weighted by molar-refractivity contribution is 5.95. The van der Waals surface area contributed by atoms with Crippen molar-refractivity contribution in [2.45, 2.75) is 12.5 Å². The van der Waals surface area contributed by atoms with Crippen LogP contribution >= 0.6 is 0 Å².